The van der Waals surface area contributed by atoms with E-state index in [1.54, 1.807) is 0 Å². The van der Waals surface area contributed by atoms with Crippen LogP contribution < -0.4 is 5.32 Å². The Hall–Kier alpha value is -1.35. The Kier molecular flexibility index (Phi) is 2.85. The molecule has 1 unspecified atom stereocenters. The first-order chi connectivity index (χ1) is 8.34. The van der Waals surface area contributed by atoms with Gasteiger partial charge in [0.2, 0.25) is 0 Å². The van der Waals surface area contributed by atoms with Crippen LogP contribution in [0.3, 0.4) is 0 Å². The minimum absolute atomic E-state index is 0.0726. The fourth-order valence-corrected chi connectivity index (χ4v) is 2.29. The first kappa shape index (κ1) is 10.8. The van der Waals surface area contributed by atoms with Crippen molar-refractivity contribution in [3.8, 4) is 0 Å². The highest BCUT2D eigenvalue weighted by Gasteiger charge is 2.29. The molecule has 0 saturated heterocycles. The number of rotatable bonds is 3. The summed E-state index contributed by atoms with van der Waals surface area (Å²) >= 11 is 0. The van der Waals surface area contributed by atoms with Crippen molar-refractivity contribution in [3.05, 3.63) is 35.4 Å². The lowest BCUT2D eigenvalue weighted by molar-refractivity contribution is -0.146. The Balaban J connectivity index is 1.72. The molecule has 0 amide bonds. The molecule has 0 spiro atoms. The molecule has 1 saturated carbocycles. The van der Waals surface area contributed by atoms with Crippen LogP contribution in [-0.4, -0.2) is 19.1 Å². The second-order valence-electron chi connectivity index (χ2n) is 4.96. The van der Waals surface area contributed by atoms with E-state index in [1.165, 1.54) is 18.4 Å². The summed E-state index contributed by atoms with van der Waals surface area (Å²) in [7, 11) is 0. The van der Waals surface area contributed by atoms with Gasteiger partial charge in [0, 0.05) is 13.1 Å². The Labute approximate surface area is 101 Å². The number of fused-ring (bicyclic) bond motifs is 1. The molecule has 1 aliphatic carbocycles. The molecule has 1 N–H and O–H groups in total. The third-order valence-corrected chi connectivity index (χ3v) is 3.54. The normalized spacial score (nSPS) is 22.9. The highest BCUT2D eigenvalue weighted by molar-refractivity contribution is 5.79. The number of esters is 1. The van der Waals surface area contributed by atoms with Crippen LogP contribution in [0.15, 0.2) is 24.3 Å². The van der Waals surface area contributed by atoms with Crippen LogP contribution in [0.25, 0.3) is 0 Å². The van der Waals surface area contributed by atoms with Crippen LogP contribution in [0.4, 0.5) is 0 Å². The van der Waals surface area contributed by atoms with Crippen molar-refractivity contribution in [1.29, 1.82) is 0 Å². The molecule has 3 heteroatoms. The van der Waals surface area contributed by atoms with E-state index < -0.39 is 0 Å². The second kappa shape index (κ2) is 4.49. The van der Waals surface area contributed by atoms with Crippen LogP contribution >= 0.6 is 0 Å². The Morgan fingerprint density at radius 1 is 1.35 bits per heavy atom. The van der Waals surface area contributed by atoms with Crippen LogP contribution in [0, 0.1) is 5.92 Å². The lowest BCUT2D eigenvalue weighted by Gasteiger charge is -2.24. The zero-order valence-electron chi connectivity index (χ0n) is 9.82. The zero-order valence-corrected chi connectivity index (χ0v) is 9.82. The topological polar surface area (TPSA) is 38.3 Å². The van der Waals surface area contributed by atoms with Gasteiger partial charge in [-0.05, 0) is 29.9 Å². The number of hydrogen-bond donors (Lipinski definition) is 1. The average Bonchev–Trinajstić information content (AvgIpc) is 3.19. The van der Waals surface area contributed by atoms with Crippen molar-refractivity contribution in [1.82, 2.24) is 5.32 Å². The maximum absolute atomic E-state index is 12.0. The molecular weight excluding hydrogens is 214 g/mol. The van der Waals surface area contributed by atoms with Gasteiger partial charge in [0.15, 0.2) is 0 Å². The van der Waals surface area contributed by atoms with E-state index in [0.29, 0.717) is 19.1 Å². The molecule has 0 radical (unpaired) electrons. The molecule has 3 nitrogen and oxygen atoms in total. The van der Waals surface area contributed by atoms with Crippen molar-refractivity contribution < 1.29 is 9.53 Å². The lowest BCUT2D eigenvalue weighted by Crippen LogP contribution is -2.33. The second-order valence-corrected chi connectivity index (χ2v) is 4.96. The van der Waals surface area contributed by atoms with E-state index in [0.717, 1.165) is 12.1 Å². The number of carbonyl (C=O) groups excluding carboxylic acids is 1. The molecule has 17 heavy (non-hydrogen) atoms. The van der Waals surface area contributed by atoms with Crippen LogP contribution in [0.1, 0.15) is 29.9 Å². The summed E-state index contributed by atoms with van der Waals surface area (Å²) in [6, 6.07) is 8.12. The Morgan fingerprint density at radius 2 is 2.18 bits per heavy atom. The van der Waals surface area contributed by atoms with Gasteiger partial charge in [-0.2, -0.15) is 0 Å². The Bertz CT molecular complexity index is 426. The molecule has 90 valence electrons. The van der Waals surface area contributed by atoms with Gasteiger partial charge in [-0.15, -0.1) is 0 Å². The number of nitrogens with one attached hydrogen (secondary N) is 1. The number of ether oxygens (including phenoxy) is 1. The maximum atomic E-state index is 12.0. The van der Waals surface area contributed by atoms with E-state index in [4.69, 9.17) is 4.74 Å². The van der Waals surface area contributed by atoms with Crippen molar-refractivity contribution in [2.24, 2.45) is 5.92 Å². The fourth-order valence-electron chi connectivity index (χ4n) is 2.29. The lowest BCUT2D eigenvalue weighted by atomic mass is 9.91. The largest absolute Gasteiger partial charge is 0.465 e. The summed E-state index contributed by atoms with van der Waals surface area (Å²) in [5, 5.41) is 3.27. The smallest absolute Gasteiger partial charge is 0.314 e. The van der Waals surface area contributed by atoms with Gasteiger partial charge in [0.1, 0.15) is 0 Å². The predicted molar refractivity (Wildman–Crippen MR) is 64.6 cm³/mol. The van der Waals surface area contributed by atoms with Crippen molar-refractivity contribution >= 4 is 5.97 Å². The standard InChI is InChI=1S/C14H17NO2/c16-14(17-9-10-5-6-10)13-8-15-7-11-3-1-2-4-12(11)13/h1-4,10,13,15H,5-9H2. The molecule has 0 aromatic heterocycles. The van der Waals surface area contributed by atoms with Gasteiger partial charge in [-0.1, -0.05) is 24.3 Å². The average molecular weight is 231 g/mol. The highest BCUT2D eigenvalue weighted by Crippen LogP contribution is 2.30. The number of carbonyl (C=O) groups is 1. The SMILES string of the molecule is O=C(OCC1CC1)C1CNCc2ccccc21. The molecule has 1 aromatic carbocycles. The van der Waals surface area contributed by atoms with Gasteiger partial charge in [0.05, 0.1) is 12.5 Å². The van der Waals surface area contributed by atoms with Gasteiger partial charge in [-0.25, -0.2) is 0 Å². The predicted octanol–water partition coefficient (Wildman–Crippen LogP) is 1.83. The molecule has 1 fully saturated rings. The molecule has 3 rings (SSSR count). The molecule has 1 aliphatic heterocycles. The highest BCUT2D eigenvalue weighted by atomic mass is 16.5. The molecular formula is C14H17NO2. The minimum atomic E-state index is -0.126. The summed E-state index contributed by atoms with van der Waals surface area (Å²) < 4.78 is 5.38. The maximum Gasteiger partial charge on any atom is 0.314 e. The van der Waals surface area contributed by atoms with E-state index >= 15 is 0 Å². The summed E-state index contributed by atoms with van der Waals surface area (Å²) in [5.41, 5.74) is 2.35. The first-order valence-corrected chi connectivity index (χ1v) is 6.30. The van der Waals surface area contributed by atoms with Crippen LogP contribution in [0.5, 0.6) is 0 Å². The Morgan fingerprint density at radius 3 is 3.00 bits per heavy atom. The quantitative estimate of drug-likeness (QED) is 0.806. The number of benzene rings is 1. The zero-order chi connectivity index (χ0) is 11.7. The van der Waals surface area contributed by atoms with Crippen molar-refractivity contribution in [2.75, 3.05) is 13.2 Å². The van der Waals surface area contributed by atoms with E-state index in [2.05, 4.69) is 11.4 Å². The van der Waals surface area contributed by atoms with Crippen molar-refractivity contribution in [2.45, 2.75) is 25.3 Å². The van der Waals surface area contributed by atoms with E-state index in [9.17, 15) is 4.79 Å². The molecule has 2 aliphatic rings. The molecule has 1 aromatic rings. The molecule has 1 atom stereocenters. The number of hydrogen-bond acceptors (Lipinski definition) is 3. The first-order valence-electron chi connectivity index (χ1n) is 6.30. The third-order valence-electron chi connectivity index (χ3n) is 3.54. The minimum Gasteiger partial charge on any atom is -0.465 e. The van der Waals surface area contributed by atoms with Crippen molar-refractivity contribution in [3.63, 3.8) is 0 Å². The van der Waals surface area contributed by atoms with E-state index in [-0.39, 0.29) is 11.9 Å². The summed E-state index contributed by atoms with van der Waals surface area (Å²) in [5.74, 6) is 0.431. The summed E-state index contributed by atoms with van der Waals surface area (Å²) in [4.78, 5) is 12.0. The fraction of sp³-hybridized carbons (Fsp3) is 0.500. The van der Waals surface area contributed by atoms with Crippen LogP contribution in [-0.2, 0) is 16.1 Å². The summed E-state index contributed by atoms with van der Waals surface area (Å²) in [6.07, 6.45) is 2.43. The van der Waals surface area contributed by atoms with Gasteiger partial charge >= 0.3 is 5.97 Å². The molecule has 1 heterocycles. The third kappa shape index (κ3) is 2.34. The van der Waals surface area contributed by atoms with Gasteiger partial charge in [0.25, 0.3) is 0 Å². The van der Waals surface area contributed by atoms with E-state index in [1.807, 2.05) is 18.2 Å². The monoisotopic (exact) mass is 231 g/mol. The van der Waals surface area contributed by atoms with Gasteiger partial charge in [-0.3, -0.25) is 4.79 Å². The molecule has 0 bridgehead atoms. The summed E-state index contributed by atoms with van der Waals surface area (Å²) in [6.45, 7) is 2.15. The van der Waals surface area contributed by atoms with Crippen LogP contribution in [0.2, 0.25) is 0 Å². The van der Waals surface area contributed by atoms with Gasteiger partial charge < -0.3 is 10.1 Å².